The van der Waals surface area contributed by atoms with E-state index in [0.29, 0.717) is 0 Å². The van der Waals surface area contributed by atoms with Gasteiger partial charge in [-0.05, 0) is 19.1 Å². The highest BCUT2D eigenvalue weighted by Crippen LogP contribution is 2.00. The molecular weight excluding hydrogens is 180 g/mol. The number of hydrogen-bond acceptors (Lipinski definition) is 3. The van der Waals surface area contributed by atoms with Crippen molar-refractivity contribution >= 4 is 0 Å². The van der Waals surface area contributed by atoms with E-state index in [-0.39, 0.29) is 12.3 Å². The molecule has 0 aliphatic carbocycles. The van der Waals surface area contributed by atoms with Gasteiger partial charge >= 0.3 is 0 Å². The average molecular weight is 198 g/mol. The number of H-pyrrole nitrogens is 1. The van der Waals surface area contributed by atoms with Crippen LogP contribution in [0.25, 0.3) is 0 Å². The largest absolute Gasteiger partial charge is 0.364 e. The van der Waals surface area contributed by atoms with Crippen LogP contribution in [0.5, 0.6) is 0 Å². The molecule has 0 fully saturated rings. The summed E-state index contributed by atoms with van der Waals surface area (Å²) < 4.78 is 10.3. The van der Waals surface area contributed by atoms with Gasteiger partial charge in [0.1, 0.15) is 0 Å². The first-order valence-corrected chi connectivity index (χ1v) is 4.69. The van der Waals surface area contributed by atoms with E-state index in [9.17, 15) is 0 Å². The van der Waals surface area contributed by atoms with Crippen molar-refractivity contribution in [2.24, 2.45) is 0 Å². The van der Waals surface area contributed by atoms with E-state index in [1.54, 1.807) is 14.2 Å². The minimum Gasteiger partial charge on any atom is -0.364 e. The van der Waals surface area contributed by atoms with E-state index in [1.807, 2.05) is 25.3 Å². The van der Waals surface area contributed by atoms with Crippen LogP contribution in [-0.2, 0) is 16.0 Å². The molecule has 2 N–H and O–H groups in total. The third-order valence-electron chi connectivity index (χ3n) is 2.15. The molecule has 0 aliphatic heterocycles. The number of rotatable bonds is 6. The smallest absolute Gasteiger partial charge is 0.171 e. The van der Waals surface area contributed by atoms with Gasteiger partial charge in [0.15, 0.2) is 6.29 Å². The Labute approximate surface area is 84.6 Å². The Hall–Kier alpha value is -0.840. The summed E-state index contributed by atoms with van der Waals surface area (Å²) in [6.07, 6.45) is 1.70. The minimum absolute atomic E-state index is 0.160. The van der Waals surface area contributed by atoms with Crippen molar-refractivity contribution in [2.45, 2.75) is 25.8 Å². The SMILES string of the molecule is COC(OC)C(C)NCc1ccc[nH]1. The van der Waals surface area contributed by atoms with Crippen LogP contribution in [0.15, 0.2) is 18.3 Å². The van der Waals surface area contributed by atoms with Crippen LogP contribution in [0.4, 0.5) is 0 Å². The van der Waals surface area contributed by atoms with Gasteiger partial charge in [-0.15, -0.1) is 0 Å². The second-order valence-electron chi connectivity index (χ2n) is 3.20. The highest BCUT2D eigenvalue weighted by atomic mass is 16.7. The minimum atomic E-state index is -0.204. The molecule has 1 unspecified atom stereocenters. The maximum Gasteiger partial charge on any atom is 0.171 e. The molecule has 0 radical (unpaired) electrons. The van der Waals surface area contributed by atoms with Crippen molar-refractivity contribution in [3.8, 4) is 0 Å². The quantitative estimate of drug-likeness (QED) is 0.673. The van der Waals surface area contributed by atoms with E-state index in [0.717, 1.165) is 12.2 Å². The van der Waals surface area contributed by atoms with Crippen molar-refractivity contribution in [2.75, 3.05) is 14.2 Å². The van der Waals surface area contributed by atoms with Crippen molar-refractivity contribution in [3.05, 3.63) is 24.0 Å². The van der Waals surface area contributed by atoms with Crippen LogP contribution in [0.1, 0.15) is 12.6 Å². The van der Waals surface area contributed by atoms with Gasteiger partial charge in [0.05, 0.1) is 6.04 Å². The van der Waals surface area contributed by atoms with E-state index in [2.05, 4.69) is 10.3 Å². The zero-order valence-corrected chi connectivity index (χ0v) is 8.91. The number of methoxy groups -OCH3 is 2. The fraction of sp³-hybridized carbons (Fsp3) is 0.600. The molecule has 1 aromatic rings. The Bertz CT molecular complexity index is 232. The van der Waals surface area contributed by atoms with Gasteiger partial charge in [0.2, 0.25) is 0 Å². The van der Waals surface area contributed by atoms with E-state index in [4.69, 9.17) is 9.47 Å². The standard InChI is InChI=1S/C10H18N2O2/c1-8(10(13-2)14-3)12-7-9-5-4-6-11-9/h4-6,8,10-12H,7H2,1-3H3. The van der Waals surface area contributed by atoms with Gasteiger partial charge in [0.25, 0.3) is 0 Å². The first-order chi connectivity index (χ1) is 6.77. The van der Waals surface area contributed by atoms with E-state index < -0.39 is 0 Å². The second kappa shape index (κ2) is 5.80. The molecule has 1 heterocycles. The molecule has 0 saturated heterocycles. The van der Waals surface area contributed by atoms with E-state index in [1.165, 1.54) is 0 Å². The summed E-state index contributed by atoms with van der Waals surface area (Å²) in [5.41, 5.74) is 1.16. The molecule has 1 rings (SSSR count). The number of ether oxygens (including phenoxy) is 2. The molecule has 1 atom stereocenters. The normalized spacial score (nSPS) is 13.4. The predicted octanol–water partition coefficient (Wildman–Crippen LogP) is 1.11. The Morgan fingerprint density at radius 3 is 2.64 bits per heavy atom. The van der Waals surface area contributed by atoms with Crippen LogP contribution >= 0.6 is 0 Å². The highest BCUT2D eigenvalue weighted by molar-refractivity contribution is 5.03. The zero-order valence-electron chi connectivity index (χ0n) is 8.91. The maximum atomic E-state index is 5.14. The molecule has 0 saturated carbocycles. The molecule has 0 spiro atoms. The molecule has 4 nitrogen and oxygen atoms in total. The molecule has 0 amide bonds. The van der Waals surface area contributed by atoms with Crippen LogP contribution in [0.2, 0.25) is 0 Å². The molecular formula is C10H18N2O2. The topological polar surface area (TPSA) is 46.3 Å². The fourth-order valence-corrected chi connectivity index (χ4v) is 1.35. The molecule has 14 heavy (non-hydrogen) atoms. The zero-order chi connectivity index (χ0) is 10.4. The predicted molar refractivity (Wildman–Crippen MR) is 54.9 cm³/mol. The fourth-order valence-electron chi connectivity index (χ4n) is 1.35. The van der Waals surface area contributed by atoms with E-state index >= 15 is 0 Å². The van der Waals surface area contributed by atoms with Gasteiger partial charge in [-0.1, -0.05) is 0 Å². The third kappa shape index (κ3) is 3.14. The molecule has 0 bridgehead atoms. The van der Waals surface area contributed by atoms with Gasteiger partial charge < -0.3 is 19.8 Å². The summed E-state index contributed by atoms with van der Waals surface area (Å²) in [4.78, 5) is 3.12. The summed E-state index contributed by atoms with van der Waals surface area (Å²) in [7, 11) is 3.28. The van der Waals surface area contributed by atoms with Crippen molar-refractivity contribution < 1.29 is 9.47 Å². The van der Waals surface area contributed by atoms with Gasteiger partial charge in [0, 0.05) is 32.7 Å². The Morgan fingerprint density at radius 2 is 2.14 bits per heavy atom. The van der Waals surface area contributed by atoms with Crippen molar-refractivity contribution in [1.82, 2.24) is 10.3 Å². The molecule has 80 valence electrons. The monoisotopic (exact) mass is 198 g/mol. The first-order valence-electron chi connectivity index (χ1n) is 4.69. The molecule has 0 aromatic carbocycles. The Kier molecular flexibility index (Phi) is 4.65. The van der Waals surface area contributed by atoms with Gasteiger partial charge in [-0.2, -0.15) is 0 Å². The Balaban J connectivity index is 2.30. The van der Waals surface area contributed by atoms with Gasteiger partial charge in [-0.3, -0.25) is 0 Å². The average Bonchev–Trinajstić information content (AvgIpc) is 2.69. The van der Waals surface area contributed by atoms with Gasteiger partial charge in [-0.25, -0.2) is 0 Å². The summed E-state index contributed by atoms with van der Waals surface area (Å²) in [6, 6.07) is 4.17. The van der Waals surface area contributed by atoms with Crippen molar-refractivity contribution in [3.63, 3.8) is 0 Å². The lowest BCUT2D eigenvalue weighted by Crippen LogP contribution is -2.39. The number of aromatic nitrogens is 1. The number of aromatic amines is 1. The molecule has 1 aromatic heterocycles. The molecule has 4 heteroatoms. The summed E-state index contributed by atoms with van der Waals surface area (Å²) in [5, 5.41) is 3.31. The number of nitrogens with one attached hydrogen (secondary N) is 2. The first kappa shape index (κ1) is 11.2. The maximum absolute atomic E-state index is 5.14. The third-order valence-corrected chi connectivity index (χ3v) is 2.15. The van der Waals surface area contributed by atoms with Crippen LogP contribution in [0, 0.1) is 0 Å². The summed E-state index contributed by atoms with van der Waals surface area (Å²) >= 11 is 0. The summed E-state index contributed by atoms with van der Waals surface area (Å²) in [6.45, 7) is 2.82. The van der Waals surface area contributed by atoms with Crippen LogP contribution in [-0.4, -0.2) is 31.5 Å². The molecule has 0 aliphatic rings. The lowest BCUT2D eigenvalue weighted by molar-refractivity contribution is -0.119. The summed E-state index contributed by atoms with van der Waals surface area (Å²) in [5.74, 6) is 0. The second-order valence-corrected chi connectivity index (χ2v) is 3.20. The lowest BCUT2D eigenvalue weighted by Gasteiger charge is -2.21. The number of hydrogen-bond donors (Lipinski definition) is 2. The van der Waals surface area contributed by atoms with Crippen LogP contribution < -0.4 is 5.32 Å². The van der Waals surface area contributed by atoms with Crippen molar-refractivity contribution in [1.29, 1.82) is 0 Å². The Morgan fingerprint density at radius 1 is 1.43 bits per heavy atom. The van der Waals surface area contributed by atoms with Crippen LogP contribution in [0.3, 0.4) is 0 Å². The lowest BCUT2D eigenvalue weighted by atomic mass is 10.3. The highest BCUT2D eigenvalue weighted by Gasteiger charge is 2.14.